The van der Waals surface area contributed by atoms with Crippen LogP contribution in [0.5, 0.6) is 5.75 Å². The maximum atomic E-state index is 14.7. The van der Waals surface area contributed by atoms with E-state index >= 15 is 0 Å². The van der Waals surface area contributed by atoms with Crippen LogP contribution in [0.2, 0.25) is 0 Å². The fraction of sp³-hybridized carbons (Fsp3) is 0.562. The van der Waals surface area contributed by atoms with Crippen LogP contribution in [0.25, 0.3) is 11.0 Å². The minimum absolute atomic E-state index is 0.153. The number of halogens is 2. The molecule has 0 aromatic carbocycles. The number of hydrogen-bond donors (Lipinski definition) is 0. The molecule has 0 aliphatic carbocycles. The fourth-order valence-corrected chi connectivity index (χ4v) is 4.05. The minimum Gasteiger partial charge on any atom is -0.489 e. The molecule has 2 aliphatic rings. The van der Waals surface area contributed by atoms with Gasteiger partial charge in [0.2, 0.25) is 0 Å². The standard InChI is InChI=1S/C16H19FIN5O2/c1-8-6-22-10(7-21(8)3)4-5-25-13-11-14(22)20-16(24)23(18)15(11)19-9(2)12(13)17/h8,10H,4-7H2,1-3H3. The topological polar surface area (TPSA) is 63.5 Å². The second-order valence-corrected chi connectivity index (χ2v) is 7.73. The molecule has 2 atom stereocenters. The molecule has 0 N–H and O–H groups in total. The Hall–Kier alpha value is -1.49. The first-order valence-corrected chi connectivity index (χ1v) is 9.23. The Bertz CT molecular complexity index is 918. The molecule has 0 saturated carbocycles. The van der Waals surface area contributed by atoms with E-state index in [1.165, 1.54) is 2.78 Å². The molecule has 2 aromatic rings. The normalized spacial score (nSPS) is 23.8. The van der Waals surface area contributed by atoms with Crippen molar-refractivity contribution in [3.63, 3.8) is 0 Å². The highest BCUT2D eigenvalue weighted by Gasteiger charge is 2.35. The van der Waals surface area contributed by atoms with Gasteiger partial charge in [-0.15, -0.1) is 0 Å². The number of pyridine rings is 1. The lowest BCUT2D eigenvalue weighted by molar-refractivity contribution is 0.178. The Kier molecular flexibility index (Phi) is 4.10. The van der Waals surface area contributed by atoms with Crippen LogP contribution in [0.3, 0.4) is 0 Å². The zero-order valence-corrected chi connectivity index (χ0v) is 16.4. The maximum Gasteiger partial charge on any atom is 0.360 e. The van der Waals surface area contributed by atoms with Crippen molar-refractivity contribution in [3.8, 4) is 5.75 Å². The molecular formula is C16H19FIN5O2. The number of hydrogen-bond acceptors (Lipinski definition) is 6. The van der Waals surface area contributed by atoms with E-state index in [4.69, 9.17) is 4.74 Å². The minimum atomic E-state index is -0.480. The summed E-state index contributed by atoms with van der Waals surface area (Å²) in [4.78, 5) is 25.4. The average molecular weight is 459 g/mol. The van der Waals surface area contributed by atoms with E-state index in [-0.39, 0.29) is 17.5 Å². The van der Waals surface area contributed by atoms with E-state index in [0.29, 0.717) is 29.5 Å². The molecule has 134 valence electrons. The van der Waals surface area contributed by atoms with Gasteiger partial charge in [-0.25, -0.2) is 16.9 Å². The zero-order valence-electron chi connectivity index (χ0n) is 14.3. The Labute approximate surface area is 158 Å². The highest BCUT2D eigenvalue weighted by molar-refractivity contribution is 14.1. The summed E-state index contributed by atoms with van der Waals surface area (Å²) in [7, 11) is 2.09. The highest BCUT2D eigenvalue weighted by atomic mass is 127. The molecule has 0 bridgehead atoms. The van der Waals surface area contributed by atoms with Gasteiger partial charge in [-0.05, 0) is 20.9 Å². The van der Waals surface area contributed by atoms with Gasteiger partial charge in [0.05, 0.1) is 35.2 Å². The van der Waals surface area contributed by atoms with Crippen molar-refractivity contribution in [3.05, 3.63) is 22.0 Å². The molecule has 0 amide bonds. The lowest BCUT2D eigenvalue weighted by Crippen LogP contribution is -2.57. The zero-order chi connectivity index (χ0) is 17.9. The predicted molar refractivity (Wildman–Crippen MR) is 101 cm³/mol. The quantitative estimate of drug-likeness (QED) is 0.560. The van der Waals surface area contributed by atoms with E-state index in [0.717, 1.165) is 19.5 Å². The van der Waals surface area contributed by atoms with Crippen LogP contribution in [-0.4, -0.2) is 56.5 Å². The lowest BCUT2D eigenvalue weighted by atomic mass is 10.0. The van der Waals surface area contributed by atoms with Gasteiger partial charge in [0, 0.05) is 31.6 Å². The van der Waals surface area contributed by atoms with Crippen molar-refractivity contribution in [1.82, 2.24) is 17.6 Å². The van der Waals surface area contributed by atoms with Crippen LogP contribution in [0, 0.1) is 12.7 Å². The number of piperazine rings is 1. The van der Waals surface area contributed by atoms with E-state index < -0.39 is 11.5 Å². The van der Waals surface area contributed by atoms with Crippen molar-refractivity contribution in [1.29, 1.82) is 0 Å². The monoisotopic (exact) mass is 459 g/mol. The summed E-state index contributed by atoms with van der Waals surface area (Å²) in [5.41, 5.74) is 0.212. The van der Waals surface area contributed by atoms with E-state index in [2.05, 4.69) is 33.7 Å². The Morgan fingerprint density at radius 1 is 1.32 bits per heavy atom. The largest absolute Gasteiger partial charge is 0.489 e. The summed E-state index contributed by atoms with van der Waals surface area (Å²) in [6.45, 7) is 5.70. The van der Waals surface area contributed by atoms with Crippen LogP contribution >= 0.6 is 22.9 Å². The second-order valence-electron chi connectivity index (χ2n) is 6.77. The number of nitrogens with zero attached hydrogens (tertiary/aromatic N) is 5. The number of likely N-dealkylation sites (N-methyl/N-ethyl adjacent to an activating group) is 1. The molecule has 0 radical (unpaired) electrons. The van der Waals surface area contributed by atoms with Crippen LogP contribution < -0.4 is 15.3 Å². The number of ether oxygens (including phenoxy) is 1. The number of aromatic nitrogens is 3. The van der Waals surface area contributed by atoms with Crippen LogP contribution in [0.15, 0.2) is 4.79 Å². The molecule has 0 spiro atoms. The van der Waals surface area contributed by atoms with Crippen LogP contribution in [0.4, 0.5) is 10.2 Å². The predicted octanol–water partition coefficient (Wildman–Crippen LogP) is 1.73. The van der Waals surface area contributed by atoms with Crippen molar-refractivity contribution >= 4 is 39.7 Å². The molecule has 2 unspecified atom stereocenters. The first-order valence-electron chi connectivity index (χ1n) is 8.27. The number of rotatable bonds is 0. The first-order chi connectivity index (χ1) is 11.9. The molecule has 9 heteroatoms. The van der Waals surface area contributed by atoms with Gasteiger partial charge in [0.25, 0.3) is 0 Å². The molecule has 4 rings (SSSR count). The molecule has 1 saturated heterocycles. The van der Waals surface area contributed by atoms with Crippen molar-refractivity contribution in [2.75, 3.05) is 31.6 Å². The SMILES string of the molecule is Cc1nc2c3c(nc(=O)n2I)N2CC(C)N(C)CC2CCOc3c1F. The van der Waals surface area contributed by atoms with E-state index in [1.807, 2.05) is 22.9 Å². The third-order valence-electron chi connectivity index (χ3n) is 5.14. The molecule has 2 aliphatic heterocycles. The molecule has 1 fully saturated rings. The fourth-order valence-electron chi connectivity index (χ4n) is 3.59. The summed E-state index contributed by atoms with van der Waals surface area (Å²) in [5, 5.41) is 0.485. The van der Waals surface area contributed by atoms with Gasteiger partial charge < -0.3 is 9.64 Å². The average Bonchev–Trinajstić information content (AvgIpc) is 2.56. The summed E-state index contributed by atoms with van der Waals surface area (Å²) in [6, 6.07) is 0.473. The second kappa shape index (κ2) is 6.04. The first kappa shape index (κ1) is 17.0. The third kappa shape index (κ3) is 2.59. The van der Waals surface area contributed by atoms with E-state index in [9.17, 15) is 9.18 Å². The maximum absolute atomic E-state index is 14.7. The van der Waals surface area contributed by atoms with Gasteiger partial charge in [-0.3, -0.25) is 4.90 Å². The highest BCUT2D eigenvalue weighted by Crippen LogP contribution is 2.38. The van der Waals surface area contributed by atoms with Crippen LogP contribution in [0.1, 0.15) is 19.0 Å². The Balaban J connectivity index is 2.05. The molecule has 4 heterocycles. The molecule has 7 nitrogen and oxygen atoms in total. The van der Waals surface area contributed by atoms with Gasteiger partial charge in [-0.1, -0.05) is 0 Å². The molecular weight excluding hydrogens is 440 g/mol. The number of aryl methyl sites for hydroxylation is 1. The lowest BCUT2D eigenvalue weighted by Gasteiger charge is -2.45. The van der Waals surface area contributed by atoms with Crippen molar-refractivity contribution < 1.29 is 9.13 Å². The van der Waals surface area contributed by atoms with Gasteiger partial charge in [0.1, 0.15) is 11.2 Å². The van der Waals surface area contributed by atoms with Gasteiger partial charge in [0.15, 0.2) is 17.2 Å². The number of anilines is 1. The van der Waals surface area contributed by atoms with Crippen molar-refractivity contribution in [2.45, 2.75) is 32.4 Å². The smallest absolute Gasteiger partial charge is 0.360 e. The summed E-state index contributed by atoms with van der Waals surface area (Å²) in [5.74, 6) is 0.158. The summed E-state index contributed by atoms with van der Waals surface area (Å²) >= 11 is 1.86. The van der Waals surface area contributed by atoms with Crippen molar-refractivity contribution in [2.24, 2.45) is 0 Å². The Morgan fingerprint density at radius 3 is 2.84 bits per heavy atom. The van der Waals surface area contributed by atoms with Crippen LogP contribution in [-0.2, 0) is 0 Å². The third-order valence-corrected chi connectivity index (χ3v) is 6.01. The molecule has 25 heavy (non-hydrogen) atoms. The Morgan fingerprint density at radius 2 is 2.08 bits per heavy atom. The molecule has 2 aromatic heterocycles. The van der Waals surface area contributed by atoms with Gasteiger partial charge in [-0.2, -0.15) is 4.98 Å². The number of fused-ring (bicyclic) bond motifs is 2. The summed E-state index contributed by atoms with van der Waals surface area (Å²) in [6.07, 6.45) is 0.744. The summed E-state index contributed by atoms with van der Waals surface area (Å²) < 4.78 is 21.8. The van der Waals surface area contributed by atoms with Gasteiger partial charge >= 0.3 is 5.69 Å². The van der Waals surface area contributed by atoms with E-state index in [1.54, 1.807) is 6.92 Å².